The number of hydrogen-bond acceptors (Lipinski definition) is 3. The van der Waals surface area contributed by atoms with E-state index in [0.29, 0.717) is 9.92 Å². The minimum Gasteiger partial charge on any atom is -0.324 e. The molecule has 0 saturated carbocycles. The third-order valence-electron chi connectivity index (χ3n) is 3.98. The summed E-state index contributed by atoms with van der Waals surface area (Å²) in [4.78, 5) is 4.72. The monoisotopic (exact) mass is 360 g/mol. The minimum atomic E-state index is -3.21. The van der Waals surface area contributed by atoms with E-state index in [1.54, 1.807) is 30.5 Å². The average Bonchev–Trinajstić information content (AvgIpc) is 3.03. The summed E-state index contributed by atoms with van der Waals surface area (Å²) >= 11 is 6.30. The van der Waals surface area contributed by atoms with E-state index < -0.39 is 9.84 Å². The average molecular weight is 361 g/mol. The Hall–Kier alpha value is -2.11. The molecule has 0 unspecified atom stereocenters. The van der Waals surface area contributed by atoms with Gasteiger partial charge in [0.05, 0.1) is 10.9 Å². The van der Waals surface area contributed by atoms with Gasteiger partial charge in [0, 0.05) is 29.2 Å². The molecule has 0 amide bonds. The maximum atomic E-state index is 11.6. The van der Waals surface area contributed by atoms with Gasteiger partial charge in [-0.3, -0.25) is 0 Å². The highest BCUT2D eigenvalue weighted by atomic mass is 35.5. The highest BCUT2D eigenvalue weighted by Gasteiger charge is 2.16. The second-order valence-electron chi connectivity index (χ2n) is 5.65. The molecule has 0 saturated heterocycles. The predicted octanol–water partition coefficient (Wildman–Crippen LogP) is 4.22. The van der Waals surface area contributed by atoms with Gasteiger partial charge in [0.15, 0.2) is 9.84 Å². The number of benzene rings is 2. The first-order chi connectivity index (χ1) is 11.4. The summed E-state index contributed by atoms with van der Waals surface area (Å²) in [5, 5.41) is 0.706. The molecule has 1 atom stereocenters. The van der Waals surface area contributed by atoms with Gasteiger partial charge in [0.25, 0.3) is 0 Å². The molecule has 0 radical (unpaired) electrons. The number of imidazole rings is 1. The molecule has 2 aromatic carbocycles. The number of rotatable bonds is 4. The van der Waals surface area contributed by atoms with Gasteiger partial charge in [-0.05, 0) is 42.8 Å². The van der Waals surface area contributed by atoms with E-state index >= 15 is 0 Å². The fourth-order valence-electron chi connectivity index (χ4n) is 2.66. The van der Waals surface area contributed by atoms with Crippen LogP contribution in [-0.4, -0.2) is 24.2 Å². The van der Waals surface area contributed by atoms with Crippen LogP contribution in [0.4, 0.5) is 0 Å². The second-order valence-corrected chi connectivity index (χ2v) is 8.08. The predicted molar refractivity (Wildman–Crippen MR) is 96.0 cm³/mol. The van der Waals surface area contributed by atoms with E-state index in [-0.39, 0.29) is 6.04 Å². The van der Waals surface area contributed by atoms with Crippen molar-refractivity contribution in [1.29, 1.82) is 0 Å². The Labute approximate surface area is 146 Å². The highest BCUT2D eigenvalue weighted by molar-refractivity contribution is 7.90. The molecular weight excluding hydrogens is 344 g/mol. The molecule has 0 aliphatic heterocycles. The van der Waals surface area contributed by atoms with Crippen LogP contribution in [0, 0.1) is 0 Å². The van der Waals surface area contributed by atoms with Gasteiger partial charge in [0.2, 0.25) is 0 Å². The lowest BCUT2D eigenvalue weighted by Gasteiger charge is -2.18. The normalized spacial score (nSPS) is 13.0. The molecule has 4 nitrogen and oxygen atoms in total. The second kappa shape index (κ2) is 6.42. The Morgan fingerprint density at radius 2 is 1.75 bits per heavy atom. The van der Waals surface area contributed by atoms with E-state index in [4.69, 9.17) is 11.6 Å². The van der Waals surface area contributed by atoms with E-state index in [1.807, 2.05) is 35.0 Å². The molecule has 0 bridgehead atoms. The fraction of sp³-hybridized carbons (Fsp3) is 0.167. The van der Waals surface area contributed by atoms with Gasteiger partial charge < -0.3 is 4.57 Å². The number of aromatic nitrogens is 2. The quantitative estimate of drug-likeness (QED) is 0.700. The van der Waals surface area contributed by atoms with Crippen molar-refractivity contribution >= 4 is 21.4 Å². The summed E-state index contributed by atoms with van der Waals surface area (Å²) < 4.78 is 25.2. The molecule has 0 fully saturated rings. The molecule has 1 aromatic heterocycles. The number of nitrogens with zero attached hydrogens (tertiary/aromatic N) is 2. The molecule has 0 aliphatic rings. The molecule has 0 spiro atoms. The van der Waals surface area contributed by atoms with Crippen LogP contribution >= 0.6 is 11.6 Å². The number of halogens is 1. The smallest absolute Gasteiger partial charge is 0.175 e. The van der Waals surface area contributed by atoms with E-state index in [2.05, 4.69) is 11.9 Å². The largest absolute Gasteiger partial charge is 0.324 e. The minimum absolute atomic E-state index is 0.00536. The van der Waals surface area contributed by atoms with Crippen LogP contribution < -0.4 is 0 Å². The van der Waals surface area contributed by atoms with Crippen LogP contribution in [0.5, 0.6) is 0 Å². The van der Waals surface area contributed by atoms with Gasteiger partial charge in [-0.2, -0.15) is 0 Å². The summed E-state index contributed by atoms with van der Waals surface area (Å²) in [6.07, 6.45) is 4.82. The maximum absolute atomic E-state index is 11.6. The number of hydrogen-bond donors (Lipinski definition) is 0. The van der Waals surface area contributed by atoms with Crippen LogP contribution in [0.2, 0.25) is 5.02 Å². The summed E-state index contributed by atoms with van der Waals surface area (Å²) in [6, 6.07) is 14.5. The summed E-state index contributed by atoms with van der Waals surface area (Å²) in [5.41, 5.74) is 1.86. The van der Waals surface area contributed by atoms with Crippen molar-refractivity contribution in [2.24, 2.45) is 0 Å². The third-order valence-corrected chi connectivity index (χ3v) is 5.45. The van der Waals surface area contributed by atoms with Crippen LogP contribution in [0.1, 0.15) is 18.5 Å². The fourth-order valence-corrected chi connectivity index (χ4v) is 3.59. The van der Waals surface area contributed by atoms with Crippen molar-refractivity contribution in [2.45, 2.75) is 17.9 Å². The van der Waals surface area contributed by atoms with Gasteiger partial charge in [-0.15, -0.1) is 0 Å². The van der Waals surface area contributed by atoms with Crippen molar-refractivity contribution in [2.75, 3.05) is 6.26 Å². The molecule has 0 N–H and O–H groups in total. The summed E-state index contributed by atoms with van der Waals surface area (Å²) in [5.74, 6) is 0.766. The summed E-state index contributed by atoms with van der Waals surface area (Å²) in [7, 11) is -3.21. The summed E-state index contributed by atoms with van der Waals surface area (Å²) in [6.45, 7) is 2.05. The van der Waals surface area contributed by atoms with Crippen molar-refractivity contribution in [3.8, 4) is 11.4 Å². The molecule has 124 valence electrons. The maximum Gasteiger partial charge on any atom is 0.175 e. The molecule has 0 aliphatic carbocycles. The van der Waals surface area contributed by atoms with E-state index in [9.17, 15) is 8.42 Å². The topological polar surface area (TPSA) is 52.0 Å². The Morgan fingerprint density at radius 1 is 1.08 bits per heavy atom. The van der Waals surface area contributed by atoms with Crippen molar-refractivity contribution in [3.05, 3.63) is 71.5 Å². The van der Waals surface area contributed by atoms with Crippen molar-refractivity contribution < 1.29 is 8.42 Å². The first-order valence-corrected chi connectivity index (χ1v) is 9.72. The van der Waals surface area contributed by atoms with Gasteiger partial charge >= 0.3 is 0 Å². The standard InChI is InChI=1S/C18H17ClN2O2S/c1-13(16-5-3-4-6-17(16)19)21-12-11-20-18(21)14-7-9-15(10-8-14)24(2,22)23/h3-13H,1-2H3/t13-/m0/s1. The SMILES string of the molecule is C[C@@H](c1ccccc1Cl)n1ccnc1-c1ccc(S(C)(=O)=O)cc1. The number of sulfone groups is 1. The van der Waals surface area contributed by atoms with Crippen molar-refractivity contribution in [3.63, 3.8) is 0 Å². The van der Waals surface area contributed by atoms with Crippen LogP contribution in [0.15, 0.2) is 65.8 Å². The van der Waals surface area contributed by atoms with Crippen LogP contribution in [-0.2, 0) is 9.84 Å². The Kier molecular flexibility index (Phi) is 4.47. The molecule has 24 heavy (non-hydrogen) atoms. The van der Waals surface area contributed by atoms with Gasteiger partial charge in [-0.25, -0.2) is 13.4 Å². The third kappa shape index (κ3) is 3.23. The molecule has 3 rings (SSSR count). The lowest BCUT2D eigenvalue weighted by molar-refractivity contribution is 0.602. The first kappa shape index (κ1) is 16.7. The zero-order valence-corrected chi connectivity index (χ0v) is 14.9. The zero-order chi connectivity index (χ0) is 17.3. The van der Waals surface area contributed by atoms with Crippen LogP contribution in [0.3, 0.4) is 0 Å². The zero-order valence-electron chi connectivity index (χ0n) is 13.3. The molecule has 6 heteroatoms. The highest BCUT2D eigenvalue weighted by Crippen LogP contribution is 2.29. The van der Waals surface area contributed by atoms with E-state index in [0.717, 1.165) is 17.0 Å². The molecular formula is C18H17ClN2O2S. The van der Waals surface area contributed by atoms with E-state index in [1.165, 1.54) is 6.26 Å². The lowest BCUT2D eigenvalue weighted by atomic mass is 10.1. The Balaban J connectivity index is 2.01. The first-order valence-electron chi connectivity index (χ1n) is 7.45. The van der Waals surface area contributed by atoms with Crippen molar-refractivity contribution in [1.82, 2.24) is 9.55 Å². The Bertz CT molecular complexity index is 963. The molecule has 1 heterocycles. The van der Waals surface area contributed by atoms with Crippen LogP contribution in [0.25, 0.3) is 11.4 Å². The lowest BCUT2D eigenvalue weighted by Crippen LogP contribution is -2.08. The van der Waals surface area contributed by atoms with Gasteiger partial charge in [-0.1, -0.05) is 29.8 Å². The van der Waals surface area contributed by atoms with Gasteiger partial charge in [0.1, 0.15) is 5.82 Å². The molecule has 3 aromatic rings. The Morgan fingerprint density at radius 3 is 2.38 bits per heavy atom.